The van der Waals surface area contributed by atoms with Crippen molar-refractivity contribution in [3.05, 3.63) is 49.9 Å². The molecule has 1 aromatic heterocycles. The van der Waals surface area contributed by atoms with Crippen molar-refractivity contribution in [3.63, 3.8) is 0 Å². The fourth-order valence-corrected chi connectivity index (χ4v) is 5.42. The molecule has 7 nitrogen and oxygen atoms in total. The van der Waals surface area contributed by atoms with Crippen LogP contribution in [0.2, 0.25) is 0 Å². The van der Waals surface area contributed by atoms with Crippen molar-refractivity contribution in [2.45, 2.75) is 46.2 Å². The maximum atomic E-state index is 12.8. The number of amides is 1. The van der Waals surface area contributed by atoms with Gasteiger partial charge in [0.1, 0.15) is 11.2 Å². The van der Waals surface area contributed by atoms with Crippen LogP contribution in [0.25, 0.3) is 0 Å². The zero-order valence-electron chi connectivity index (χ0n) is 16.0. The summed E-state index contributed by atoms with van der Waals surface area (Å²) in [4.78, 5) is 24.6. The molecule has 2 atom stereocenters. The van der Waals surface area contributed by atoms with Crippen molar-refractivity contribution in [1.82, 2.24) is 5.32 Å². The molecule has 2 aromatic rings. The van der Waals surface area contributed by atoms with Crippen LogP contribution in [0.3, 0.4) is 0 Å². The second-order valence-corrected chi connectivity index (χ2v) is 9.67. The van der Waals surface area contributed by atoms with Gasteiger partial charge in [-0.25, -0.2) is 0 Å². The van der Waals surface area contributed by atoms with Gasteiger partial charge in [-0.15, -0.1) is 11.3 Å². The number of carbonyl (C=O) groups is 1. The largest absolute Gasteiger partial charge is 0.502 e. The summed E-state index contributed by atoms with van der Waals surface area (Å²) in [6.07, 6.45) is 2.37. The minimum absolute atomic E-state index is 0.152. The highest BCUT2D eigenvalue weighted by atomic mass is 32.1. The van der Waals surface area contributed by atoms with Crippen molar-refractivity contribution in [1.29, 1.82) is 0 Å². The number of anilines is 1. The number of nitrogens with one attached hydrogen (secondary N) is 2. The summed E-state index contributed by atoms with van der Waals surface area (Å²) in [7, 11) is 0. The molecule has 3 N–H and O–H groups in total. The third-order valence-corrected chi connectivity index (χ3v) is 6.98. The number of nitro benzene ring substituents is 1. The van der Waals surface area contributed by atoms with E-state index in [0.717, 1.165) is 35.4 Å². The highest BCUT2D eigenvalue weighted by Gasteiger charge is 2.36. The Morgan fingerprint density at radius 3 is 2.71 bits per heavy atom. The molecule has 2 aliphatic rings. The van der Waals surface area contributed by atoms with Crippen LogP contribution in [-0.2, 0) is 12.8 Å². The van der Waals surface area contributed by atoms with E-state index >= 15 is 0 Å². The number of hydrogen-bond acceptors (Lipinski definition) is 6. The third-order valence-electron chi connectivity index (χ3n) is 5.80. The van der Waals surface area contributed by atoms with Gasteiger partial charge >= 0.3 is 5.69 Å². The van der Waals surface area contributed by atoms with E-state index in [2.05, 4.69) is 31.4 Å². The molecule has 1 aromatic carbocycles. The first-order valence-electron chi connectivity index (χ1n) is 9.34. The maximum Gasteiger partial charge on any atom is 0.311 e. The SMILES string of the molecule is CC(C)(C)[C@H]1CCc2c(sc3c2C(=O)N[C@H](c2ccc(O)c([N+](=O)[O-])c2)N3)C1. The number of nitrogens with zero attached hydrogens (tertiary/aromatic N) is 1. The molecule has 0 radical (unpaired) electrons. The van der Waals surface area contributed by atoms with E-state index < -0.39 is 16.8 Å². The Morgan fingerprint density at radius 1 is 1.29 bits per heavy atom. The predicted molar refractivity (Wildman–Crippen MR) is 108 cm³/mol. The molecular formula is C20H23N3O4S. The monoisotopic (exact) mass is 401 g/mol. The Morgan fingerprint density at radius 2 is 2.04 bits per heavy atom. The van der Waals surface area contributed by atoms with Crippen molar-refractivity contribution in [3.8, 4) is 5.75 Å². The normalized spacial score (nSPS) is 21.3. The van der Waals surface area contributed by atoms with Crippen LogP contribution in [0.15, 0.2) is 18.2 Å². The van der Waals surface area contributed by atoms with Gasteiger partial charge in [0, 0.05) is 16.5 Å². The molecule has 1 aliphatic carbocycles. The zero-order chi connectivity index (χ0) is 20.2. The zero-order valence-corrected chi connectivity index (χ0v) is 16.9. The van der Waals surface area contributed by atoms with Crippen LogP contribution in [0, 0.1) is 21.4 Å². The molecule has 0 bridgehead atoms. The summed E-state index contributed by atoms with van der Waals surface area (Å²) in [5.41, 5.74) is 2.24. The van der Waals surface area contributed by atoms with Crippen LogP contribution in [0.4, 0.5) is 10.7 Å². The highest BCUT2D eigenvalue weighted by molar-refractivity contribution is 7.16. The van der Waals surface area contributed by atoms with Gasteiger partial charge < -0.3 is 15.7 Å². The number of carbonyl (C=O) groups excluding carboxylic acids is 1. The molecule has 8 heteroatoms. The van der Waals surface area contributed by atoms with Crippen molar-refractivity contribution in [2.24, 2.45) is 11.3 Å². The maximum absolute atomic E-state index is 12.8. The van der Waals surface area contributed by atoms with Gasteiger partial charge in [-0.3, -0.25) is 14.9 Å². The Hall–Kier alpha value is -2.61. The van der Waals surface area contributed by atoms with Crippen LogP contribution < -0.4 is 10.6 Å². The lowest BCUT2D eigenvalue weighted by Crippen LogP contribution is -2.38. The lowest BCUT2D eigenvalue weighted by Gasteiger charge is -2.34. The first-order valence-corrected chi connectivity index (χ1v) is 10.2. The Labute approximate surface area is 166 Å². The lowest BCUT2D eigenvalue weighted by atomic mass is 9.72. The molecule has 0 unspecified atom stereocenters. The van der Waals surface area contributed by atoms with Gasteiger partial charge in [-0.1, -0.05) is 26.8 Å². The van der Waals surface area contributed by atoms with Gasteiger partial charge in [0.05, 0.1) is 10.5 Å². The molecule has 0 spiro atoms. The summed E-state index contributed by atoms with van der Waals surface area (Å²) < 4.78 is 0. The summed E-state index contributed by atoms with van der Waals surface area (Å²) in [5.74, 6) is 0.0382. The smallest absolute Gasteiger partial charge is 0.311 e. The first-order chi connectivity index (χ1) is 13.1. The Bertz CT molecular complexity index is 977. The molecular weight excluding hydrogens is 378 g/mol. The summed E-state index contributed by atoms with van der Waals surface area (Å²) in [6.45, 7) is 6.78. The van der Waals surface area contributed by atoms with Crippen molar-refractivity contribution < 1.29 is 14.8 Å². The predicted octanol–water partition coefficient (Wildman–Crippen LogP) is 4.37. The fourth-order valence-electron chi connectivity index (χ4n) is 4.07. The summed E-state index contributed by atoms with van der Waals surface area (Å²) in [6, 6.07) is 4.15. The number of phenols is 1. The molecule has 4 rings (SSSR count). The molecule has 2 heterocycles. The van der Waals surface area contributed by atoms with Crippen molar-refractivity contribution >= 4 is 27.9 Å². The van der Waals surface area contributed by atoms with E-state index in [1.165, 1.54) is 17.0 Å². The molecule has 1 amide bonds. The van der Waals surface area contributed by atoms with E-state index in [4.69, 9.17) is 0 Å². The molecule has 148 valence electrons. The minimum atomic E-state index is -0.634. The van der Waals surface area contributed by atoms with Gasteiger partial charge in [0.2, 0.25) is 0 Å². The van der Waals surface area contributed by atoms with Crippen molar-refractivity contribution in [2.75, 3.05) is 5.32 Å². The van der Waals surface area contributed by atoms with Gasteiger partial charge in [-0.05, 0) is 42.2 Å². The van der Waals surface area contributed by atoms with Crippen LogP contribution in [0.1, 0.15) is 59.7 Å². The minimum Gasteiger partial charge on any atom is -0.502 e. The van der Waals surface area contributed by atoms with Gasteiger partial charge in [0.25, 0.3) is 5.91 Å². The quantitative estimate of drug-likeness (QED) is 0.512. The standard InChI is InChI=1S/C20H23N3O4S/c1-20(2,3)11-5-6-12-15(9-11)28-19-16(12)18(25)21-17(22-19)10-4-7-14(24)13(8-10)23(26)27/h4,7-8,11,17,22,24H,5-6,9H2,1-3H3,(H,21,25)/t11-,17-/m0/s1. The molecule has 28 heavy (non-hydrogen) atoms. The number of hydrogen-bond donors (Lipinski definition) is 3. The highest BCUT2D eigenvalue weighted by Crippen LogP contribution is 2.46. The van der Waals surface area contributed by atoms with Gasteiger partial charge in [0.15, 0.2) is 5.75 Å². The number of rotatable bonds is 2. The van der Waals surface area contributed by atoms with Crippen LogP contribution in [0.5, 0.6) is 5.75 Å². The Balaban J connectivity index is 1.65. The molecule has 0 fully saturated rings. The second kappa shape index (κ2) is 6.48. The molecule has 0 saturated heterocycles. The second-order valence-electron chi connectivity index (χ2n) is 8.57. The Kier molecular flexibility index (Phi) is 4.33. The third kappa shape index (κ3) is 3.11. The molecule has 1 aliphatic heterocycles. The van der Waals surface area contributed by atoms with E-state index in [0.29, 0.717) is 11.5 Å². The van der Waals surface area contributed by atoms with Gasteiger partial charge in [-0.2, -0.15) is 0 Å². The first kappa shape index (κ1) is 18.7. The fraction of sp³-hybridized carbons (Fsp3) is 0.450. The lowest BCUT2D eigenvalue weighted by molar-refractivity contribution is -0.385. The van der Waals surface area contributed by atoms with E-state index in [1.807, 2.05) is 0 Å². The number of benzene rings is 1. The summed E-state index contributed by atoms with van der Waals surface area (Å²) >= 11 is 1.62. The average Bonchev–Trinajstić information content (AvgIpc) is 2.99. The number of phenolic OH excluding ortho intramolecular Hbond substituents is 1. The number of thiophene rings is 1. The number of aromatic hydroxyl groups is 1. The van der Waals surface area contributed by atoms with Crippen LogP contribution >= 0.6 is 11.3 Å². The summed E-state index contributed by atoms with van der Waals surface area (Å²) in [5, 5.41) is 27.8. The number of fused-ring (bicyclic) bond motifs is 3. The topological polar surface area (TPSA) is 104 Å². The molecule has 0 saturated carbocycles. The van der Waals surface area contributed by atoms with E-state index in [9.17, 15) is 20.0 Å². The van der Waals surface area contributed by atoms with E-state index in [1.54, 1.807) is 17.4 Å². The average molecular weight is 401 g/mol. The number of nitro groups is 1. The van der Waals surface area contributed by atoms with Crippen LogP contribution in [-0.4, -0.2) is 15.9 Å². The van der Waals surface area contributed by atoms with E-state index in [-0.39, 0.29) is 17.0 Å².